The number of benzene rings is 2. The van der Waals surface area contributed by atoms with Crippen LogP contribution < -0.4 is 4.74 Å². The Hall–Kier alpha value is -1.55. The highest BCUT2D eigenvalue weighted by molar-refractivity contribution is 9.10. The number of halogens is 1. The van der Waals surface area contributed by atoms with E-state index >= 15 is 0 Å². The molecule has 0 aromatic heterocycles. The fraction of sp³-hybridized carbons (Fsp3) is 0.267. The largest absolute Gasteiger partial charge is 0.490 e. The number of rotatable bonds is 4. The molecule has 2 aromatic rings. The molecule has 0 aliphatic rings. The Morgan fingerprint density at radius 2 is 1.89 bits per heavy atom. The summed E-state index contributed by atoms with van der Waals surface area (Å²) in [6.07, 6.45) is 0.0369. The van der Waals surface area contributed by atoms with Gasteiger partial charge in [-0.3, -0.25) is 4.79 Å². The number of hydrogen-bond acceptors (Lipinski definition) is 3. The normalized spacial score (nSPS) is 12.2. The molecular weight excluding hydrogens is 308 g/mol. The van der Waals surface area contributed by atoms with E-state index in [2.05, 4.69) is 26.7 Å². The van der Waals surface area contributed by atoms with Crippen LogP contribution in [0, 0.1) is 0 Å². The van der Waals surface area contributed by atoms with Gasteiger partial charge in [0.2, 0.25) is 0 Å². The second kappa shape index (κ2) is 6.06. The van der Waals surface area contributed by atoms with Crippen LogP contribution in [0.3, 0.4) is 0 Å². The number of ether oxygens (including phenoxy) is 2. The van der Waals surface area contributed by atoms with Crippen molar-refractivity contribution < 1.29 is 14.3 Å². The van der Waals surface area contributed by atoms with Crippen LogP contribution in [0.25, 0.3) is 10.8 Å². The summed E-state index contributed by atoms with van der Waals surface area (Å²) in [4.78, 5) is 11.2. The van der Waals surface area contributed by atoms with Gasteiger partial charge in [0.1, 0.15) is 11.9 Å². The Balaban J connectivity index is 2.13. The zero-order valence-corrected chi connectivity index (χ0v) is 12.4. The van der Waals surface area contributed by atoms with Crippen molar-refractivity contribution in [1.29, 1.82) is 0 Å². The lowest BCUT2D eigenvalue weighted by molar-refractivity contribution is -0.142. The van der Waals surface area contributed by atoms with Crippen LogP contribution in [-0.2, 0) is 9.53 Å². The minimum atomic E-state index is -0.266. The van der Waals surface area contributed by atoms with Crippen LogP contribution in [0.5, 0.6) is 5.75 Å². The molecule has 0 amide bonds. The topological polar surface area (TPSA) is 35.5 Å². The van der Waals surface area contributed by atoms with Gasteiger partial charge in [-0.2, -0.15) is 0 Å². The van der Waals surface area contributed by atoms with Crippen LogP contribution in [0.4, 0.5) is 0 Å². The molecule has 100 valence electrons. The highest BCUT2D eigenvalue weighted by atomic mass is 79.9. The Labute approximate surface area is 120 Å². The molecule has 19 heavy (non-hydrogen) atoms. The van der Waals surface area contributed by atoms with Crippen molar-refractivity contribution in [3.63, 3.8) is 0 Å². The summed E-state index contributed by atoms with van der Waals surface area (Å²) in [7, 11) is 1.38. The Morgan fingerprint density at radius 3 is 2.63 bits per heavy atom. The molecule has 0 radical (unpaired) electrons. The van der Waals surface area contributed by atoms with Gasteiger partial charge in [-0.1, -0.05) is 28.1 Å². The van der Waals surface area contributed by atoms with Gasteiger partial charge < -0.3 is 9.47 Å². The van der Waals surface area contributed by atoms with E-state index in [-0.39, 0.29) is 18.5 Å². The molecule has 1 atom stereocenters. The molecule has 3 nitrogen and oxygen atoms in total. The molecule has 4 heteroatoms. The monoisotopic (exact) mass is 322 g/mol. The molecule has 0 spiro atoms. The van der Waals surface area contributed by atoms with Gasteiger partial charge in [-0.05, 0) is 42.0 Å². The molecule has 0 saturated carbocycles. The van der Waals surface area contributed by atoms with E-state index in [9.17, 15) is 4.79 Å². The Bertz CT molecular complexity index is 595. The van der Waals surface area contributed by atoms with Gasteiger partial charge >= 0.3 is 5.97 Å². The summed E-state index contributed by atoms with van der Waals surface area (Å²) in [6, 6.07) is 11.9. The zero-order valence-electron chi connectivity index (χ0n) is 10.9. The highest BCUT2D eigenvalue weighted by Crippen LogP contribution is 2.24. The average molecular weight is 323 g/mol. The average Bonchev–Trinajstić information content (AvgIpc) is 2.38. The standard InChI is InChI=1S/C15H15BrO3/c1-10(7-15(17)18-2)19-14-6-4-11-8-13(16)5-3-12(11)9-14/h3-6,8-10H,7H2,1-2H3. The molecule has 0 aliphatic carbocycles. The van der Waals surface area contributed by atoms with E-state index in [0.29, 0.717) is 0 Å². The van der Waals surface area contributed by atoms with Crippen LogP contribution >= 0.6 is 15.9 Å². The van der Waals surface area contributed by atoms with Gasteiger partial charge in [-0.15, -0.1) is 0 Å². The summed E-state index contributed by atoms with van der Waals surface area (Å²) in [5.74, 6) is 0.489. The predicted octanol–water partition coefficient (Wildman–Crippen LogP) is 3.93. The van der Waals surface area contributed by atoms with Gasteiger partial charge in [-0.25, -0.2) is 0 Å². The number of hydrogen-bond donors (Lipinski definition) is 0. The quantitative estimate of drug-likeness (QED) is 0.800. The van der Waals surface area contributed by atoms with Crippen molar-refractivity contribution in [2.45, 2.75) is 19.4 Å². The summed E-state index contributed by atoms with van der Waals surface area (Å²) in [6.45, 7) is 1.85. The molecule has 0 heterocycles. The minimum absolute atomic E-state index is 0.208. The molecular formula is C15H15BrO3. The lowest BCUT2D eigenvalue weighted by Crippen LogP contribution is -2.17. The third kappa shape index (κ3) is 3.70. The summed E-state index contributed by atoms with van der Waals surface area (Å²) < 4.78 is 11.4. The van der Waals surface area contributed by atoms with E-state index in [0.717, 1.165) is 21.0 Å². The number of fused-ring (bicyclic) bond motifs is 1. The van der Waals surface area contributed by atoms with Crippen molar-refractivity contribution in [2.75, 3.05) is 7.11 Å². The summed E-state index contributed by atoms with van der Waals surface area (Å²) in [5, 5.41) is 2.24. The molecule has 0 N–H and O–H groups in total. The number of carbonyl (C=O) groups excluding carboxylic acids is 1. The SMILES string of the molecule is COC(=O)CC(C)Oc1ccc2cc(Br)ccc2c1. The van der Waals surface area contributed by atoms with E-state index in [4.69, 9.17) is 4.74 Å². The first kappa shape index (κ1) is 13.9. The van der Waals surface area contributed by atoms with Crippen molar-refractivity contribution in [1.82, 2.24) is 0 Å². The Morgan fingerprint density at radius 1 is 1.21 bits per heavy atom. The molecule has 0 saturated heterocycles. The lowest BCUT2D eigenvalue weighted by Gasteiger charge is -2.14. The third-order valence-electron chi connectivity index (χ3n) is 2.79. The molecule has 0 fully saturated rings. The molecule has 0 bridgehead atoms. The van der Waals surface area contributed by atoms with E-state index in [1.165, 1.54) is 7.11 Å². The molecule has 0 aliphatic heterocycles. The van der Waals surface area contributed by atoms with Crippen molar-refractivity contribution >= 4 is 32.7 Å². The predicted molar refractivity (Wildman–Crippen MR) is 78.4 cm³/mol. The second-order valence-corrected chi connectivity index (χ2v) is 5.28. The van der Waals surface area contributed by atoms with Crippen LogP contribution in [0.1, 0.15) is 13.3 Å². The number of esters is 1. The maximum atomic E-state index is 11.2. The molecule has 2 rings (SSSR count). The third-order valence-corrected chi connectivity index (χ3v) is 3.29. The summed E-state index contributed by atoms with van der Waals surface area (Å²) in [5.41, 5.74) is 0. The van der Waals surface area contributed by atoms with Gasteiger partial charge in [0.05, 0.1) is 13.5 Å². The first-order valence-electron chi connectivity index (χ1n) is 6.01. The number of methoxy groups -OCH3 is 1. The van der Waals surface area contributed by atoms with Crippen molar-refractivity contribution in [3.8, 4) is 5.75 Å². The lowest BCUT2D eigenvalue weighted by atomic mass is 10.1. The smallest absolute Gasteiger partial charge is 0.309 e. The van der Waals surface area contributed by atoms with Gasteiger partial charge in [0.15, 0.2) is 0 Å². The maximum absolute atomic E-state index is 11.2. The maximum Gasteiger partial charge on any atom is 0.309 e. The van der Waals surface area contributed by atoms with Crippen molar-refractivity contribution in [3.05, 3.63) is 40.9 Å². The minimum Gasteiger partial charge on any atom is -0.490 e. The van der Waals surface area contributed by atoms with Gasteiger partial charge in [0.25, 0.3) is 0 Å². The number of carbonyl (C=O) groups is 1. The van der Waals surface area contributed by atoms with Crippen molar-refractivity contribution in [2.24, 2.45) is 0 Å². The second-order valence-electron chi connectivity index (χ2n) is 4.36. The van der Waals surface area contributed by atoms with Gasteiger partial charge in [0, 0.05) is 4.47 Å². The molecule has 1 unspecified atom stereocenters. The van der Waals surface area contributed by atoms with Crippen LogP contribution in [0.15, 0.2) is 40.9 Å². The van der Waals surface area contributed by atoms with Crippen LogP contribution in [-0.4, -0.2) is 19.2 Å². The fourth-order valence-corrected chi connectivity index (χ4v) is 2.24. The van der Waals surface area contributed by atoms with E-state index in [1.54, 1.807) is 0 Å². The highest BCUT2D eigenvalue weighted by Gasteiger charge is 2.10. The van der Waals surface area contributed by atoms with E-state index < -0.39 is 0 Å². The first-order chi connectivity index (χ1) is 9.08. The molecule has 2 aromatic carbocycles. The Kier molecular flexibility index (Phi) is 4.43. The van der Waals surface area contributed by atoms with Crippen LogP contribution in [0.2, 0.25) is 0 Å². The van der Waals surface area contributed by atoms with E-state index in [1.807, 2.05) is 37.3 Å². The zero-order chi connectivity index (χ0) is 13.8. The summed E-state index contributed by atoms with van der Waals surface area (Å²) >= 11 is 3.44. The fourth-order valence-electron chi connectivity index (χ4n) is 1.86. The first-order valence-corrected chi connectivity index (χ1v) is 6.80.